The van der Waals surface area contributed by atoms with E-state index in [4.69, 9.17) is 0 Å². The number of hydrogen-bond donors (Lipinski definition) is 1. The fourth-order valence-electron chi connectivity index (χ4n) is 2.67. The third-order valence-electron chi connectivity index (χ3n) is 3.73. The van der Waals surface area contributed by atoms with Crippen LogP contribution in [0.25, 0.3) is 28.2 Å². The molecule has 0 aliphatic heterocycles. The predicted octanol–water partition coefficient (Wildman–Crippen LogP) is 2.99. The van der Waals surface area contributed by atoms with Crippen LogP contribution in [0.2, 0.25) is 0 Å². The fourth-order valence-corrected chi connectivity index (χ4v) is 2.67. The van der Waals surface area contributed by atoms with Gasteiger partial charge >= 0.3 is 0 Å². The summed E-state index contributed by atoms with van der Waals surface area (Å²) in [5.74, 6) is 0. The van der Waals surface area contributed by atoms with Crippen LogP contribution < -0.4 is 0 Å². The van der Waals surface area contributed by atoms with Crippen LogP contribution in [0.3, 0.4) is 0 Å². The predicted molar refractivity (Wildman–Crippen MR) is 89.3 cm³/mol. The average Bonchev–Trinajstić information content (AvgIpc) is 3.22. The van der Waals surface area contributed by atoms with E-state index in [0.717, 1.165) is 33.9 Å². The summed E-state index contributed by atoms with van der Waals surface area (Å²) < 4.78 is 2.06. The molecule has 0 aliphatic carbocycles. The fraction of sp³-hybridized carbons (Fsp3) is 0.0588. The molecule has 4 aromatic rings. The Kier molecular flexibility index (Phi) is 3.20. The summed E-state index contributed by atoms with van der Waals surface area (Å²) in [6.07, 6.45) is 3.89. The van der Waals surface area contributed by atoms with Gasteiger partial charge in [0.2, 0.25) is 0 Å². The highest BCUT2D eigenvalue weighted by Gasteiger charge is 2.12. The van der Waals surface area contributed by atoms with Crippen molar-refractivity contribution in [3.8, 4) is 22.5 Å². The lowest BCUT2D eigenvalue weighted by molar-refractivity contribution is 0.901. The molecule has 0 atom stereocenters. The van der Waals surface area contributed by atoms with Crippen molar-refractivity contribution in [2.75, 3.05) is 0 Å². The number of aromatic amines is 1. The molecule has 112 valence electrons. The van der Waals surface area contributed by atoms with Gasteiger partial charge in [-0.05, 0) is 24.9 Å². The molecule has 0 fully saturated rings. The zero-order valence-electron chi connectivity index (χ0n) is 12.3. The first-order chi connectivity index (χ1) is 11.4. The second-order valence-electron chi connectivity index (χ2n) is 5.15. The number of hydrogen-bond acceptors (Lipinski definition) is 4. The van der Waals surface area contributed by atoms with Crippen molar-refractivity contribution in [1.82, 2.24) is 24.8 Å². The second-order valence-corrected chi connectivity index (χ2v) is 5.15. The molecule has 0 saturated carbocycles. The van der Waals surface area contributed by atoms with Crippen LogP contribution >= 0.6 is 0 Å². The van der Waals surface area contributed by atoms with E-state index in [1.165, 1.54) is 0 Å². The van der Waals surface area contributed by atoms with Crippen molar-refractivity contribution in [3.05, 3.63) is 60.6 Å². The van der Waals surface area contributed by atoms with E-state index in [1.54, 1.807) is 0 Å². The zero-order valence-corrected chi connectivity index (χ0v) is 12.3. The first kappa shape index (κ1) is 13.4. The molecule has 0 bridgehead atoms. The van der Waals surface area contributed by atoms with Crippen LogP contribution in [0.5, 0.6) is 0 Å². The van der Waals surface area contributed by atoms with Gasteiger partial charge in [0, 0.05) is 17.3 Å². The van der Waals surface area contributed by atoms with Gasteiger partial charge in [-0.25, -0.2) is 4.98 Å². The third kappa shape index (κ3) is 2.30. The topological polar surface area (TPSA) is 71.2 Å². The number of aliphatic imine (C=N–C) groups is 1. The Hall–Kier alpha value is -3.28. The van der Waals surface area contributed by atoms with E-state index >= 15 is 0 Å². The number of imidazole rings is 1. The maximum Gasteiger partial charge on any atom is 0.137 e. The Morgan fingerprint density at radius 1 is 1.09 bits per heavy atom. The Labute approximate surface area is 132 Å². The summed E-state index contributed by atoms with van der Waals surface area (Å²) in [6, 6.07) is 14.1. The summed E-state index contributed by atoms with van der Waals surface area (Å²) in [4.78, 5) is 8.33. The minimum atomic E-state index is 0.436. The lowest BCUT2D eigenvalue weighted by Crippen LogP contribution is -1.90. The number of benzene rings is 1. The third-order valence-corrected chi connectivity index (χ3v) is 3.73. The van der Waals surface area contributed by atoms with Crippen LogP contribution in [0, 0.1) is 0 Å². The Morgan fingerprint density at radius 2 is 2.00 bits per heavy atom. The van der Waals surface area contributed by atoms with Gasteiger partial charge in [-0.3, -0.25) is 9.39 Å². The van der Waals surface area contributed by atoms with Gasteiger partial charge in [0.05, 0.1) is 18.4 Å². The molecule has 6 nitrogen and oxygen atoms in total. The second kappa shape index (κ2) is 5.49. The molecule has 0 spiro atoms. The van der Waals surface area contributed by atoms with Crippen LogP contribution in [0.15, 0.2) is 59.9 Å². The minimum Gasteiger partial charge on any atom is -0.300 e. The summed E-state index contributed by atoms with van der Waals surface area (Å²) in [6.45, 7) is 3.96. The van der Waals surface area contributed by atoms with Crippen molar-refractivity contribution in [2.45, 2.75) is 6.54 Å². The summed E-state index contributed by atoms with van der Waals surface area (Å²) in [7, 11) is 0. The molecule has 23 heavy (non-hydrogen) atoms. The molecule has 0 aliphatic rings. The number of nitrogens with one attached hydrogen (secondary N) is 1. The van der Waals surface area contributed by atoms with E-state index in [2.05, 4.69) is 48.6 Å². The summed E-state index contributed by atoms with van der Waals surface area (Å²) >= 11 is 0. The highest BCUT2D eigenvalue weighted by Crippen LogP contribution is 2.27. The number of rotatable bonds is 4. The van der Waals surface area contributed by atoms with Crippen LogP contribution in [-0.2, 0) is 6.54 Å². The molecule has 1 aromatic carbocycles. The molecule has 0 radical (unpaired) electrons. The maximum atomic E-state index is 4.44. The maximum absolute atomic E-state index is 4.44. The van der Waals surface area contributed by atoms with Gasteiger partial charge in [-0.2, -0.15) is 15.4 Å². The molecule has 0 unspecified atom stereocenters. The summed E-state index contributed by atoms with van der Waals surface area (Å²) in [5.41, 5.74) is 5.60. The SMILES string of the molecule is C=NCc1n[nH]nc1-c1cccc(-c2cnc3ccccn23)c1. The Morgan fingerprint density at radius 3 is 2.91 bits per heavy atom. The van der Waals surface area contributed by atoms with E-state index < -0.39 is 0 Å². The van der Waals surface area contributed by atoms with Crippen molar-refractivity contribution in [3.63, 3.8) is 0 Å². The smallest absolute Gasteiger partial charge is 0.137 e. The van der Waals surface area contributed by atoms with Gasteiger partial charge in [0.15, 0.2) is 0 Å². The van der Waals surface area contributed by atoms with E-state index in [-0.39, 0.29) is 0 Å². The molecule has 1 N–H and O–H groups in total. The molecule has 0 saturated heterocycles. The number of aromatic nitrogens is 5. The number of H-pyrrole nitrogens is 1. The van der Waals surface area contributed by atoms with E-state index in [0.29, 0.717) is 6.54 Å². The molecule has 4 rings (SSSR count). The highest BCUT2D eigenvalue weighted by atomic mass is 15.3. The Bertz CT molecular complexity index is 981. The monoisotopic (exact) mass is 302 g/mol. The molecular formula is C17H14N6. The lowest BCUT2D eigenvalue weighted by atomic mass is 10.0. The minimum absolute atomic E-state index is 0.436. The van der Waals surface area contributed by atoms with E-state index in [1.807, 2.05) is 42.7 Å². The quantitative estimate of drug-likeness (QED) is 0.589. The number of nitrogens with zero attached hydrogens (tertiary/aromatic N) is 5. The summed E-state index contributed by atoms with van der Waals surface area (Å²) in [5, 5.41) is 11.0. The van der Waals surface area contributed by atoms with Crippen molar-refractivity contribution < 1.29 is 0 Å². The largest absolute Gasteiger partial charge is 0.300 e. The van der Waals surface area contributed by atoms with Gasteiger partial charge in [-0.15, -0.1) is 0 Å². The first-order valence-corrected chi connectivity index (χ1v) is 7.22. The Balaban J connectivity index is 1.83. The van der Waals surface area contributed by atoms with Crippen molar-refractivity contribution >= 4 is 12.4 Å². The number of fused-ring (bicyclic) bond motifs is 1. The van der Waals surface area contributed by atoms with Crippen molar-refractivity contribution in [2.24, 2.45) is 4.99 Å². The standard InChI is InChI=1S/C17H14N6/c1-18-10-14-17(21-22-20-14)13-6-4-5-12(9-13)15-11-19-16-7-2-3-8-23(15)16/h2-9,11H,1,10H2,(H,20,21,22). The first-order valence-electron chi connectivity index (χ1n) is 7.22. The van der Waals surface area contributed by atoms with Crippen LogP contribution in [-0.4, -0.2) is 31.5 Å². The van der Waals surface area contributed by atoms with Crippen LogP contribution in [0.4, 0.5) is 0 Å². The van der Waals surface area contributed by atoms with Gasteiger partial charge in [0.1, 0.15) is 17.0 Å². The lowest BCUT2D eigenvalue weighted by Gasteiger charge is -2.05. The average molecular weight is 302 g/mol. The molecule has 6 heteroatoms. The molecule has 0 amide bonds. The molecule has 3 aromatic heterocycles. The van der Waals surface area contributed by atoms with Crippen LogP contribution in [0.1, 0.15) is 5.69 Å². The number of pyridine rings is 1. The zero-order chi connectivity index (χ0) is 15.6. The van der Waals surface area contributed by atoms with Gasteiger partial charge < -0.3 is 0 Å². The van der Waals surface area contributed by atoms with Gasteiger partial charge in [-0.1, -0.05) is 24.3 Å². The molecule has 3 heterocycles. The van der Waals surface area contributed by atoms with Crippen molar-refractivity contribution in [1.29, 1.82) is 0 Å². The highest BCUT2D eigenvalue weighted by molar-refractivity contribution is 5.71. The van der Waals surface area contributed by atoms with Gasteiger partial charge in [0.25, 0.3) is 0 Å². The molecular weight excluding hydrogens is 288 g/mol. The van der Waals surface area contributed by atoms with E-state index in [9.17, 15) is 0 Å². The normalized spacial score (nSPS) is 11.0.